The molecule has 28 heavy (non-hydrogen) atoms. The number of carbonyl (C=O) groups excluding carboxylic acids is 2. The number of imide groups is 1. The van der Waals surface area contributed by atoms with Crippen molar-refractivity contribution in [1.82, 2.24) is 10.6 Å². The Labute approximate surface area is 174 Å². The van der Waals surface area contributed by atoms with E-state index in [0.717, 1.165) is 16.3 Å². The maximum absolute atomic E-state index is 11.7. The molecule has 1 aliphatic rings. The van der Waals surface area contributed by atoms with Gasteiger partial charge in [-0.3, -0.25) is 10.1 Å². The number of hydrogen-bond acceptors (Lipinski definition) is 3. The van der Waals surface area contributed by atoms with Crippen LogP contribution in [0.25, 0.3) is 16.8 Å². The van der Waals surface area contributed by atoms with Crippen LogP contribution < -0.4 is 15.4 Å². The Kier molecular flexibility index (Phi) is 5.07. The average molecular weight is 458 g/mol. The largest absolute Gasteiger partial charge is 0.486 e. The molecule has 1 heterocycles. The molecule has 0 spiro atoms. The van der Waals surface area contributed by atoms with E-state index >= 15 is 0 Å². The van der Waals surface area contributed by atoms with Crippen molar-refractivity contribution in [2.45, 2.75) is 6.61 Å². The van der Waals surface area contributed by atoms with Gasteiger partial charge in [-0.05, 0) is 56.0 Å². The number of nitrogens with one attached hydrogen (secondary N) is 2. The average Bonchev–Trinajstić information content (AvgIpc) is 2.98. The van der Waals surface area contributed by atoms with Gasteiger partial charge in [0.05, 0.1) is 9.50 Å². The fourth-order valence-electron chi connectivity index (χ4n) is 3.02. The highest BCUT2D eigenvalue weighted by Gasteiger charge is 2.23. The fourth-order valence-corrected chi connectivity index (χ4v) is 4.01. The zero-order chi connectivity index (χ0) is 19.7. The van der Waals surface area contributed by atoms with E-state index in [1.807, 2.05) is 24.3 Å². The monoisotopic (exact) mass is 456 g/mol. The van der Waals surface area contributed by atoms with Crippen molar-refractivity contribution in [1.29, 1.82) is 0 Å². The maximum atomic E-state index is 11.7. The Morgan fingerprint density at radius 1 is 1.04 bits per heavy atom. The van der Waals surface area contributed by atoms with Crippen LogP contribution in [0.3, 0.4) is 0 Å². The van der Waals surface area contributed by atoms with Crippen LogP contribution in [0, 0.1) is 0 Å². The van der Waals surface area contributed by atoms with E-state index in [2.05, 4.69) is 44.8 Å². The van der Waals surface area contributed by atoms with E-state index in [9.17, 15) is 9.59 Å². The van der Waals surface area contributed by atoms with Gasteiger partial charge < -0.3 is 10.1 Å². The van der Waals surface area contributed by atoms with E-state index in [1.165, 1.54) is 0 Å². The van der Waals surface area contributed by atoms with Gasteiger partial charge in [-0.1, -0.05) is 54.1 Å². The molecule has 0 aromatic heterocycles. The van der Waals surface area contributed by atoms with E-state index < -0.39 is 11.9 Å². The number of urea groups is 1. The number of hydrogen-bond donors (Lipinski definition) is 2. The molecule has 7 heteroatoms. The lowest BCUT2D eigenvalue weighted by Gasteiger charge is -2.13. The molecule has 0 aliphatic carbocycles. The first-order chi connectivity index (χ1) is 13.5. The van der Waals surface area contributed by atoms with Crippen LogP contribution in [0.5, 0.6) is 5.75 Å². The molecular weight excluding hydrogens is 444 g/mol. The normalized spacial score (nSPS) is 15.0. The standard InChI is InChI=1S/C21H14BrClN2O3/c22-16-8-12(10-18-20(26)25-21(27)24-18)9-17(23)19(16)28-11-14-6-3-5-13-4-1-2-7-15(13)14/h1-10H,11H2,(H2,24,25,26,27)/b18-10+. The van der Waals surface area contributed by atoms with Crippen molar-refractivity contribution < 1.29 is 14.3 Å². The van der Waals surface area contributed by atoms with Gasteiger partial charge in [0.25, 0.3) is 5.91 Å². The zero-order valence-electron chi connectivity index (χ0n) is 14.5. The summed E-state index contributed by atoms with van der Waals surface area (Å²) in [6.07, 6.45) is 1.55. The van der Waals surface area contributed by atoms with Gasteiger partial charge in [0.2, 0.25) is 0 Å². The molecule has 3 aromatic rings. The van der Waals surface area contributed by atoms with E-state index in [4.69, 9.17) is 16.3 Å². The number of halogens is 2. The first kappa shape index (κ1) is 18.5. The second-order valence-electron chi connectivity index (χ2n) is 6.21. The van der Waals surface area contributed by atoms with Gasteiger partial charge in [0.15, 0.2) is 5.75 Å². The minimum absolute atomic E-state index is 0.164. The number of ether oxygens (including phenoxy) is 1. The van der Waals surface area contributed by atoms with Gasteiger partial charge in [-0.2, -0.15) is 0 Å². The molecular formula is C21H14BrClN2O3. The molecule has 0 radical (unpaired) electrons. The van der Waals surface area contributed by atoms with Crippen LogP contribution in [-0.2, 0) is 11.4 Å². The van der Waals surface area contributed by atoms with Crippen LogP contribution in [0.1, 0.15) is 11.1 Å². The molecule has 0 bridgehead atoms. The molecule has 2 N–H and O–H groups in total. The quantitative estimate of drug-likeness (QED) is 0.427. The maximum Gasteiger partial charge on any atom is 0.326 e. The number of amides is 3. The fraction of sp³-hybridized carbons (Fsp3) is 0.0476. The predicted molar refractivity (Wildman–Crippen MR) is 112 cm³/mol. The molecule has 3 amide bonds. The number of rotatable bonds is 4. The van der Waals surface area contributed by atoms with Crippen LogP contribution in [0.2, 0.25) is 5.02 Å². The van der Waals surface area contributed by atoms with Gasteiger partial charge in [-0.25, -0.2) is 4.79 Å². The summed E-state index contributed by atoms with van der Waals surface area (Å²) in [5.74, 6) is 0.0326. The van der Waals surface area contributed by atoms with Crippen LogP contribution in [-0.4, -0.2) is 11.9 Å². The lowest BCUT2D eigenvalue weighted by Crippen LogP contribution is -2.22. The molecule has 4 rings (SSSR count). The zero-order valence-corrected chi connectivity index (χ0v) is 16.8. The smallest absolute Gasteiger partial charge is 0.326 e. The number of carbonyl (C=O) groups is 2. The lowest BCUT2D eigenvalue weighted by atomic mass is 10.1. The number of benzene rings is 3. The van der Waals surface area contributed by atoms with Crippen molar-refractivity contribution in [2.75, 3.05) is 0 Å². The topological polar surface area (TPSA) is 67.4 Å². The van der Waals surface area contributed by atoms with Gasteiger partial charge in [0, 0.05) is 0 Å². The van der Waals surface area contributed by atoms with Crippen molar-refractivity contribution in [3.05, 3.63) is 80.9 Å². The summed E-state index contributed by atoms with van der Waals surface area (Å²) in [5.41, 5.74) is 1.87. The van der Waals surface area contributed by atoms with Gasteiger partial charge in [0.1, 0.15) is 12.3 Å². The Morgan fingerprint density at radius 3 is 2.57 bits per heavy atom. The molecule has 5 nitrogen and oxygen atoms in total. The van der Waals surface area contributed by atoms with Crippen molar-refractivity contribution in [3.63, 3.8) is 0 Å². The molecule has 3 aromatic carbocycles. The second kappa shape index (κ2) is 7.66. The van der Waals surface area contributed by atoms with Crippen LogP contribution in [0.15, 0.2) is 64.8 Å². The molecule has 140 valence electrons. The SMILES string of the molecule is O=C1NC(=O)/C(=C\c2cc(Cl)c(OCc3cccc4ccccc34)c(Br)c2)N1. The van der Waals surface area contributed by atoms with E-state index in [-0.39, 0.29) is 5.70 Å². The summed E-state index contributed by atoms with van der Waals surface area (Å²) in [7, 11) is 0. The molecule has 0 saturated carbocycles. The first-order valence-electron chi connectivity index (χ1n) is 8.44. The molecule has 1 aliphatic heterocycles. The molecule has 0 atom stereocenters. The summed E-state index contributed by atoms with van der Waals surface area (Å²) < 4.78 is 6.63. The Morgan fingerprint density at radius 2 is 1.82 bits per heavy atom. The number of fused-ring (bicyclic) bond motifs is 1. The second-order valence-corrected chi connectivity index (χ2v) is 7.47. The van der Waals surface area contributed by atoms with Crippen molar-refractivity contribution in [3.8, 4) is 5.75 Å². The minimum Gasteiger partial charge on any atom is -0.486 e. The summed E-state index contributed by atoms with van der Waals surface area (Å²) in [6, 6.07) is 17.1. The Bertz CT molecular complexity index is 1120. The van der Waals surface area contributed by atoms with Gasteiger partial charge >= 0.3 is 6.03 Å². The third-order valence-corrected chi connectivity index (χ3v) is 5.17. The lowest BCUT2D eigenvalue weighted by molar-refractivity contribution is -0.115. The third-order valence-electron chi connectivity index (χ3n) is 4.30. The van der Waals surface area contributed by atoms with Crippen LogP contribution >= 0.6 is 27.5 Å². The summed E-state index contributed by atoms with van der Waals surface area (Å²) in [5, 5.41) is 7.26. The van der Waals surface area contributed by atoms with Gasteiger partial charge in [-0.15, -0.1) is 0 Å². The highest BCUT2D eigenvalue weighted by atomic mass is 79.9. The minimum atomic E-state index is -0.545. The summed E-state index contributed by atoms with van der Waals surface area (Å²) in [4.78, 5) is 22.9. The Balaban J connectivity index is 1.58. The molecule has 0 unspecified atom stereocenters. The third kappa shape index (κ3) is 3.74. The summed E-state index contributed by atoms with van der Waals surface area (Å²) in [6.45, 7) is 0.360. The van der Waals surface area contributed by atoms with E-state index in [1.54, 1.807) is 18.2 Å². The predicted octanol–water partition coefficient (Wildman–Crippen LogP) is 5.02. The first-order valence-corrected chi connectivity index (χ1v) is 9.61. The highest BCUT2D eigenvalue weighted by molar-refractivity contribution is 9.10. The van der Waals surface area contributed by atoms with Crippen molar-refractivity contribution in [2.24, 2.45) is 0 Å². The van der Waals surface area contributed by atoms with Crippen LogP contribution in [0.4, 0.5) is 4.79 Å². The summed E-state index contributed by atoms with van der Waals surface area (Å²) >= 11 is 9.87. The molecule has 1 fully saturated rings. The van der Waals surface area contributed by atoms with Crippen molar-refractivity contribution >= 4 is 56.3 Å². The Hall–Kier alpha value is -2.83. The van der Waals surface area contributed by atoms with E-state index in [0.29, 0.717) is 27.4 Å². The highest BCUT2D eigenvalue weighted by Crippen LogP contribution is 2.36. The molecule has 1 saturated heterocycles.